The number of aliphatic imine (C=N–C) groups is 2. The van der Waals surface area contributed by atoms with Crippen LogP contribution in [-0.4, -0.2) is 195 Å². The molecular formula is C51H90N18O13. The quantitative estimate of drug-likeness (QED) is 0.0169. The Hall–Kier alpha value is -7.67. The molecule has 1 saturated carbocycles. The van der Waals surface area contributed by atoms with Gasteiger partial charge in [-0.2, -0.15) is 0 Å². The average Bonchev–Trinajstić information content (AvgIpc) is 3.96. The minimum absolute atomic E-state index is 0.0169. The molecule has 82 heavy (non-hydrogen) atoms. The Balaban J connectivity index is 2.30. The third-order valence-electron chi connectivity index (χ3n) is 13.6. The molecule has 2 rings (SSSR count). The Morgan fingerprint density at radius 2 is 1.23 bits per heavy atom. The number of rotatable bonds is 37. The minimum Gasteiger partial charge on any atom is -0.480 e. The highest BCUT2D eigenvalue weighted by Gasteiger charge is 2.37. The Labute approximate surface area is 477 Å². The summed E-state index contributed by atoms with van der Waals surface area (Å²) >= 11 is 0. The van der Waals surface area contributed by atoms with Gasteiger partial charge in [-0.3, -0.25) is 57.9 Å². The molecule has 1 unspecified atom stereocenters. The highest BCUT2D eigenvalue weighted by atomic mass is 16.4. The third kappa shape index (κ3) is 25.8. The number of hydrogen-bond acceptors (Lipinski definition) is 16. The van der Waals surface area contributed by atoms with E-state index < -0.39 is 139 Å². The molecule has 9 amide bonds. The van der Waals surface area contributed by atoms with Crippen LogP contribution in [0.3, 0.4) is 0 Å². The molecule has 0 aromatic carbocycles. The van der Waals surface area contributed by atoms with Crippen LogP contribution in [0, 0.1) is 11.8 Å². The van der Waals surface area contributed by atoms with Gasteiger partial charge in [-0.05, 0) is 71.1 Å². The fraction of sp³-hybridized carbons (Fsp3) is 0.706. The number of H-pyrrole nitrogens is 1. The first-order valence-electron chi connectivity index (χ1n) is 27.8. The maximum Gasteiger partial charge on any atom is 0.323 e. The maximum absolute atomic E-state index is 14.3. The van der Waals surface area contributed by atoms with Crippen molar-refractivity contribution < 1.29 is 63.3 Å². The van der Waals surface area contributed by atoms with Crippen molar-refractivity contribution in [2.24, 2.45) is 50.5 Å². The number of carbonyl (C=O) groups excluding carboxylic acids is 9. The van der Waals surface area contributed by atoms with Crippen LogP contribution in [0.15, 0.2) is 22.5 Å². The molecule has 0 spiro atoms. The lowest BCUT2D eigenvalue weighted by Crippen LogP contribution is -2.62. The number of hydrogen-bond donors (Lipinski definition) is 17. The first-order valence-corrected chi connectivity index (χ1v) is 27.8. The van der Waals surface area contributed by atoms with E-state index in [1.807, 2.05) is 0 Å². The van der Waals surface area contributed by atoms with E-state index in [0.717, 1.165) is 50.9 Å². The minimum atomic E-state index is -1.83. The molecule has 1 aliphatic carbocycles. The van der Waals surface area contributed by atoms with Gasteiger partial charge in [0.05, 0.1) is 31.1 Å². The van der Waals surface area contributed by atoms with Gasteiger partial charge in [0.25, 0.3) is 0 Å². The summed E-state index contributed by atoms with van der Waals surface area (Å²) in [5.74, 6) is -9.81. The van der Waals surface area contributed by atoms with Crippen molar-refractivity contribution in [1.29, 1.82) is 0 Å². The second-order valence-corrected chi connectivity index (χ2v) is 20.7. The number of carboxylic acid groups (broad SMARTS) is 1. The van der Waals surface area contributed by atoms with E-state index >= 15 is 0 Å². The smallest absolute Gasteiger partial charge is 0.323 e. The molecule has 1 aliphatic rings. The fourth-order valence-electron chi connectivity index (χ4n) is 8.86. The fourth-order valence-corrected chi connectivity index (χ4v) is 8.86. The molecule has 11 atom stereocenters. The summed E-state index contributed by atoms with van der Waals surface area (Å²) in [6, 6.07) is -11.0. The van der Waals surface area contributed by atoms with Crippen molar-refractivity contribution in [1.82, 2.24) is 57.4 Å². The van der Waals surface area contributed by atoms with Crippen molar-refractivity contribution in [3.05, 3.63) is 18.2 Å². The summed E-state index contributed by atoms with van der Waals surface area (Å²) in [6.07, 6.45) is 5.22. The maximum atomic E-state index is 14.3. The van der Waals surface area contributed by atoms with Gasteiger partial charge in [0, 0.05) is 37.9 Å². The first-order chi connectivity index (χ1) is 38.7. The molecule has 0 bridgehead atoms. The SMILES string of the molecule is CCCN(CC(=O)O)C(=O)[C@@H](NC(=O)[C@@H](CCCN=C(N)N)NC(=O)CNC(=O)[C@@H](NC(=O)[C@@H](NC(=O)[C@H](Cc1cnc[nH]1)NC(=O)[C@H](CC1CCCCC1)NC(=O)[C@H](C)NC(=O)[C@@H](N)CCCN=C(N)N)[C@@H](C)O)[C@@H](C)O)C(C)CC. The molecule has 22 N–H and O–H groups in total. The standard InChI is InChI=1S/C51H90N18O13/c1-7-20-69(25-38(73)74)49(82)39(27(3)8-2)66-44(77)34(17-13-19-59-51(55)56)63-37(72)24-60-47(80)40(29(5)70)68-48(81)41(30(6)71)67-46(79)36(22-32-23-57-26-61-32)65-45(78)35(21-31-14-10-9-11-15-31)64-42(75)28(4)62-43(76)33(52)16-12-18-58-50(53)54/h23,26-31,33-36,39-41,70-71H,7-22,24-25,52H2,1-6H3,(H,57,61)(H,60,80)(H,62,76)(H,63,72)(H,64,75)(H,65,78)(H,66,77)(H,67,79)(H,68,81)(H,73,74)(H4,53,54,58)(H4,55,56,59)/t27?,28-,29+,30+,33-,34+,35-,36-,39-,40-,41-/m0/s1. The molecule has 0 aliphatic heterocycles. The number of aromatic nitrogens is 2. The molecule has 0 saturated heterocycles. The van der Waals surface area contributed by atoms with Crippen molar-refractivity contribution in [3.63, 3.8) is 0 Å². The second kappa shape index (κ2) is 36.6. The summed E-state index contributed by atoms with van der Waals surface area (Å²) < 4.78 is 0. The number of aliphatic hydroxyl groups excluding tert-OH is 2. The molecule has 31 nitrogen and oxygen atoms in total. The molecule has 1 aromatic heterocycles. The molecule has 1 heterocycles. The van der Waals surface area contributed by atoms with E-state index in [1.54, 1.807) is 20.8 Å². The number of aromatic amines is 1. The van der Waals surface area contributed by atoms with Gasteiger partial charge < -0.3 is 96.4 Å². The number of nitrogens with one attached hydrogen (secondary N) is 9. The Bertz CT molecular complexity index is 2310. The summed E-state index contributed by atoms with van der Waals surface area (Å²) in [4.78, 5) is 151. The number of amides is 9. The van der Waals surface area contributed by atoms with Gasteiger partial charge >= 0.3 is 5.97 Å². The number of imidazole rings is 1. The zero-order valence-corrected chi connectivity index (χ0v) is 47.9. The number of aliphatic carboxylic acids is 1. The van der Waals surface area contributed by atoms with Crippen LogP contribution in [0.25, 0.3) is 0 Å². The van der Waals surface area contributed by atoms with Gasteiger partial charge in [0.15, 0.2) is 11.9 Å². The monoisotopic (exact) mass is 1160 g/mol. The number of carbonyl (C=O) groups is 10. The lowest BCUT2D eigenvalue weighted by molar-refractivity contribution is -0.146. The molecule has 31 heteroatoms. The zero-order chi connectivity index (χ0) is 61.6. The summed E-state index contributed by atoms with van der Waals surface area (Å²) in [5.41, 5.74) is 28.0. The van der Waals surface area contributed by atoms with Crippen LogP contribution in [0.2, 0.25) is 0 Å². The number of guanidine groups is 2. The van der Waals surface area contributed by atoms with Gasteiger partial charge in [0.1, 0.15) is 48.8 Å². The zero-order valence-electron chi connectivity index (χ0n) is 47.9. The molecular weight excluding hydrogens is 1070 g/mol. The van der Waals surface area contributed by atoms with E-state index in [-0.39, 0.29) is 69.6 Å². The van der Waals surface area contributed by atoms with E-state index in [4.69, 9.17) is 28.7 Å². The van der Waals surface area contributed by atoms with Crippen LogP contribution in [0.1, 0.15) is 124 Å². The molecule has 1 fully saturated rings. The predicted molar refractivity (Wildman–Crippen MR) is 301 cm³/mol. The van der Waals surface area contributed by atoms with E-state index in [0.29, 0.717) is 25.0 Å². The lowest BCUT2D eigenvalue weighted by atomic mass is 9.84. The van der Waals surface area contributed by atoms with Crippen LogP contribution in [0.4, 0.5) is 0 Å². The number of carboxylic acids is 1. The van der Waals surface area contributed by atoms with Crippen LogP contribution in [0.5, 0.6) is 0 Å². The Kier molecular flexibility index (Phi) is 31.5. The topological polar surface area (TPSA) is 514 Å². The molecule has 0 radical (unpaired) electrons. The van der Waals surface area contributed by atoms with Crippen molar-refractivity contribution >= 4 is 71.1 Å². The summed E-state index contributed by atoms with van der Waals surface area (Å²) in [6.45, 7) is 7.90. The second-order valence-electron chi connectivity index (χ2n) is 20.7. The van der Waals surface area contributed by atoms with Crippen LogP contribution >= 0.6 is 0 Å². The number of nitrogens with zero attached hydrogens (tertiary/aromatic N) is 4. The number of nitrogens with two attached hydrogens (primary N) is 5. The van der Waals surface area contributed by atoms with Crippen LogP contribution < -0.4 is 71.2 Å². The van der Waals surface area contributed by atoms with E-state index in [2.05, 4.69) is 62.5 Å². The highest BCUT2D eigenvalue weighted by Crippen LogP contribution is 2.27. The van der Waals surface area contributed by atoms with E-state index in [9.17, 15) is 63.3 Å². The predicted octanol–water partition coefficient (Wildman–Crippen LogP) is -4.98. The average molecular weight is 1160 g/mol. The Morgan fingerprint density at radius 1 is 0.683 bits per heavy atom. The summed E-state index contributed by atoms with van der Waals surface area (Å²) in [5, 5.41) is 51.1. The van der Waals surface area contributed by atoms with Gasteiger partial charge in [0.2, 0.25) is 53.2 Å². The summed E-state index contributed by atoms with van der Waals surface area (Å²) in [7, 11) is 0. The van der Waals surface area contributed by atoms with Crippen LogP contribution in [-0.2, 0) is 54.4 Å². The Morgan fingerprint density at radius 3 is 1.78 bits per heavy atom. The largest absolute Gasteiger partial charge is 0.480 e. The number of aliphatic hydroxyl groups is 2. The molecule has 1 aromatic rings. The first kappa shape index (κ1) is 70.4. The third-order valence-corrected chi connectivity index (χ3v) is 13.6. The van der Waals surface area contributed by atoms with E-state index in [1.165, 1.54) is 19.4 Å². The van der Waals surface area contributed by atoms with Gasteiger partial charge in [-0.15, -0.1) is 0 Å². The lowest BCUT2D eigenvalue weighted by Gasteiger charge is -2.31. The molecule has 462 valence electrons. The highest BCUT2D eigenvalue weighted by molar-refractivity contribution is 5.98. The van der Waals surface area contributed by atoms with Crippen molar-refractivity contribution in [2.75, 3.05) is 32.7 Å². The van der Waals surface area contributed by atoms with Crippen molar-refractivity contribution in [2.45, 2.75) is 186 Å². The van der Waals surface area contributed by atoms with Crippen molar-refractivity contribution in [3.8, 4) is 0 Å². The van der Waals surface area contributed by atoms with Gasteiger partial charge in [-0.25, -0.2) is 4.98 Å². The normalized spacial score (nSPS) is 16.4. The van der Waals surface area contributed by atoms with Gasteiger partial charge in [-0.1, -0.05) is 59.3 Å².